The maximum absolute atomic E-state index is 7.26. The molecule has 0 aromatic carbocycles. The van der Waals surface area contributed by atoms with Crippen LogP contribution in [0.25, 0.3) is 0 Å². The molecule has 0 aliphatic rings. The zero-order valence-electron chi connectivity index (χ0n) is 7.39. The van der Waals surface area contributed by atoms with E-state index in [1.165, 1.54) is 6.20 Å². The summed E-state index contributed by atoms with van der Waals surface area (Å²) in [6.07, 6.45) is 3.07. The van der Waals surface area contributed by atoms with Gasteiger partial charge in [0.2, 0.25) is 0 Å². The number of nitrogens with one attached hydrogen (secondary N) is 2. The zero-order valence-corrected chi connectivity index (χ0v) is 7.39. The molecule has 0 bridgehead atoms. The Balaban J connectivity index is 4.78. The quantitative estimate of drug-likeness (QED) is 0.544. The number of nitrogens with two attached hydrogens (primary N) is 1. The van der Waals surface area contributed by atoms with Gasteiger partial charge in [0, 0.05) is 6.21 Å². The number of aliphatic imine (C=N–C) groups is 1. The van der Waals surface area contributed by atoms with Crippen molar-refractivity contribution in [3.63, 3.8) is 0 Å². The van der Waals surface area contributed by atoms with Crippen LogP contribution in [0, 0.1) is 5.41 Å². The second-order valence-electron chi connectivity index (χ2n) is 2.12. The predicted octanol–water partition coefficient (Wildman–Crippen LogP) is 0.978. The van der Waals surface area contributed by atoms with Gasteiger partial charge in [0.15, 0.2) is 5.82 Å². The SMILES string of the molecule is C=CNC(/N=C\C)=C(\N)C(C)=N. The molecule has 66 valence electrons. The number of rotatable bonds is 4. The summed E-state index contributed by atoms with van der Waals surface area (Å²) in [4.78, 5) is 3.94. The molecule has 12 heavy (non-hydrogen) atoms. The van der Waals surface area contributed by atoms with E-state index in [9.17, 15) is 0 Å². The molecule has 0 unspecified atom stereocenters. The summed E-state index contributed by atoms with van der Waals surface area (Å²) in [5.41, 5.74) is 6.17. The Morgan fingerprint density at radius 3 is 2.58 bits per heavy atom. The largest absolute Gasteiger partial charge is 0.394 e. The lowest BCUT2D eigenvalue weighted by Gasteiger charge is -2.04. The van der Waals surface area contributed by atoms with Crippen LogP contribution in [0.4, 0.5) is 0 Å². The van der Waals surface area contributed by atoms with Crippen LogP contribution in [-0.4, -0.2) is 11.9 Å². The Hall–Kier alpha value is -1.58. The average Bonchev–Trinajstić information content (AvgIpc) is 2.03. The highest BCUT2D eigenvalue weighted by Gasteiger charge is 2.00. The molecule has 0 saturated heterocycles. The van der Waals surface area contributed by atoms with E-state index in [2.05, 4.69) is 16.9 Å². The molecule has 0 heterocycles. The fourth-order valence-electron chi connectivity index (χ4n) is 0.588. The van der Waals surface area contributed by atoms with Crippen molar-refractivity contribution in [3.8, 4) is 0 Å². The molecule has 4 heteroatoms. The van der Waals surface area contributed by atoms with Crippen LogP contribution in [0.1, 0.15) is 13.8 Å². The van der Waals surface area contributed by atoms with Gasteiger partial charge in [-0.25, -0.2) is 4.99 Å². The van der Waals surface area contributed by atoms with Gasteiger partial charge in [0.05, 0.1) is 11.4 Å². The third-order valence-electron chi connectivity index (χ3n) is 1.16. The summed E-state index contributed by atoms with van der Waals surface area (Å²) in [5.74, 6) is 0.458. The van der Waals surface area contributed by atoms with Crippen LogP contribution in [0.5, 0.6) is 0 Å². The first-order valence-electron chi connectivity index (χ1n) is 3.54. The van der Waals surface area contributed by atoms with E-state index in [0.29, 0.717) is 11.5 Å². The number of nitrogens with zero attached hydrogens (tertiary/aromatic N) is 1. The van der Waals surface area contributed by atoms with E-state index >= 15 is 0 Å². The van der Waals surface area contributed by atoms with E-state index < -0.39 is 0 Å². The van der Waals surface area contributed by atoms with Gasteiger partial charge in [-0.3, -0.25) is 0 Å². The second kappa shape index (κ2) is 5.12. The average molecular weight is 166 g/mol. The smallest absolute Gasteiger partial charge is 0.154 e. The molecule has 0 amide bonds. The molecule has 4 N–H and O–H groups in total. The first-order chi connectivity index (χ1) is 5.63. The Morgan fingerprint density at radius 1 is 1.67 bits per heavy atom. The Morgan fingerprint density at radius 2 is 2.25 bits per heavy atom. The zero-order chi connectivity index (χ0) is 9.56. The van der Waals surface area contributed by atoms with Gasteiger partial charge in [0.1, 0.15) is 0 Å². The Kier molecular flexibility index (Phi) is 4.45. The van der Waals surface area contributed by atoms with Crippen LogP contribution in [0.2, 0.25) is 0 Å². The monoisotopic (exact) mass is 166 g/mol. The molecule has 0 aromatic heterocycles. The van der Waals surface area contributed by atoms with Gasteiger partial charge in [-0.15, -0.1) is 0 Å². The minimum absolute atomic E-state index is 0.282. The van der Waals surface area contributed by atoms with Gasteiger partial charge in [-0.2, -0.15) is 0 Å². The molecule has 0 spiro atoms. The van der Waals surface area contributed by atoms with E-state index in [1.807, 2.05) is 0 Å². The Labute approximate surface area is 72.4 Å². The van der Waals surface area contributed by atoms with Crippen molar-refractivity contribution >= 4 is 11.9 Å². The van der Waals surface area contributed by atoms with Crippen molar-refractivity contribution < 1.29 is 0 Å². The molecule has 0 rings (SSSR count). The molecule has 0 aliphatic heterocycles. The first-order valence-corrected chi connectivity index (χ1v) is 3.54. The predicted molar refractivity (Wildman–Crippen MR) is 52.1 cm³/mol. The van der Waals surface area contributed by atoms with Gasteiger partial charge >= 0.3 is 0 Å². The molecule has 0 atom stereocenters. The topological polar surface area (TPSA) is 74.3 Å². The summed E-state index contributed by atoms with van der Waals surface area (Å²) in [6.45, 7) is 6.86. The minimum Gasteiger partial charge on any atom is -0.394 e. The van der Waals surface area contributed by atoms with Crippen molar-refractivity contribution in [2.45, 2.75) is 13.8 Å². The molecular weight excluding hydrogens is 152 g/mol. The lowest BCUT2D eigenvalue weighted by Crippen LogP contribution is -2.16. The van der Waals surface area contributed by atoms with Crippen LogP contribution >= 0.6 is 0 Å². The third-order valence-corrected chi connectivity index (χ3v) is 1.16. The maximum Gasteiger partial charge on any atom is 0.154 e. The highest BCUT2D eigenvalue weighted by Crippen LogP contribution is 1.97. The third kappa shape index (κ3) is 3.01. The summed E-state index contributed by atoms with van der Waals surface area (Å²) < 4.78 is 0. The second-order valence-corrected chi connectivity index (χ2v) is 2.12. The van der Waals surface area contributed by atoms with E-state index in [-0.39, 0.29) is 5.71 Å². The van der Waals surface area contributed by atoms with Crippen LogP contribution in [-0.2, 0) is 0 Å². The van der Waals surface area contributed by atoms with Gasteiger partial charge in [-0.05, 0) is 20.0 Å². The highest BCUT2D eigenvalue weighted by molar-refractivity contribution is 5.95. The minimum atomic E-state index is 0.282. The van der Waals surface area contributed by atoms with Crippen LogP contribution in [0.3, 0.4) is 0 Å². The highest BCUT2D eigenvalue weighted by atomic mass is 15.0. The molecule has 0 aliphatic carbocycles. The lowest BCUT2D eigenvalue weighted by molar-refractivity contribution is 1.00. The maximum atomic E-state index is 7.26. The van der Waals surface area contributed by atoms with Crippen LogP contribution in [0.15, 0.2) is 29.3 Å². The summed E-state index contributed by atoms with van der Waals surface area (Å²) in [6, 6.07) is 0. The summed E-state index contributed by atoms with van der Waals surface area (Å²) in [7, 11) is 0. The normalized spacial score (nSPS) is 12.5. The molecule has 0 aromatic rings. The van der Waals surface area contributed by atoms with E-state index in [4.69, 9.17) is 11.1 Å². The Bertz CT molecular complexity index is 237. The fourth-order valence-corrected chi connectivity index (χ4v) is 0.588. The summed E-state index contributed by atoms with van der Waals surface area (Å²) >= 11 is 0. The molecular formula is C8H14N4. The van der Waals surface area contributed by atoms with Crippen molar-refractivity contribution in [2.75, 3.05) is 0 Å². The molecule has 0 fully saturated rings. The van der Waals surface area contributed by atoms with Crippen molar-refractivity contribution in [3.05, 3.63) is 24.3 Å². The van der Waals surface area contributed by atoms with E-state index in [1.54, 1.807) is 20.1 Å². The molecule has 0 radical (unpaired) electrons. The lowest BCUT2D eigenvalue weighted by atomic mass is 10.3. The van der Waals surface area contributed by atoms with Crippen molar-refractivity contribution in [1.29, 1.82) is 5.41 Å². The van der Waals surface area contributed by atoms with E-state index in [0.717, 1.165) is 0 Å². The van der Waals surface area contributed by atoms with Crippen LogP contribution < -0.4 is 11.1 Å². The van der Waals surface area contributed by atoms with Gasteiger partial charge < -0.3 is 16.5 Å². The van der Waals surface area contributed by atoms with Crippen molar-refractivity contribution in [2.24, 2.45) is 10.7 Å². The van der Waals surface area contributed by atoms with Gasteiger partial charge in [-0.1, -0.05) is 6.58 Å². The fraction of sp³-hybridized carbons (Fsp3) is 0.250. The molecule has 0 saturated carbocycles. The van der Waals surface area contributed by atoms with Gasteiger partial charge in [0.25, 0.3) is 0 Å². The standard InChI is InChI=1S/C8H14N4/c1-4-11-8(12-5-2)7(10)6(3)9/h4-5,9,11H,1,10H2,2-3H3/b8-7+,9-6?,12-5-. The summed E-state index contributed by atoms with van der Waals surface area (Å²) in [5, 5.41) is 10.0. The first kappa shape index (κ1) is 10.4. The molecule has 4 nitrogen and oxygen atoms in total. The van der Waals surface area contributed by atoms with Crippen molar-refractivity contribution in [1.82, 2.24) is 5.32 Å². The number of allylic oxidation sites excluding steroid dienone is 1. The number of hydrogen-bond donors (Lipinski definition) is 3. The number of hydrogen-bond acceptors (Lipinski definition) is 4.